The van der Waals surface area contributed by atoms with Gasteiger partial charge in [-0.2, -0.15) is 11.8 Å². The quantitative estimate of drug-likeness (QED) is 0.392. The lowest BCUT2D eigenvalue weighted by molar-refractivity contribution is -0.141. The van der Waals surface area contributed by atoms with Crippen molar-refractivity contribution in [2.75, 3.05) is 12.0 Å². The number of furan rings is 1. The van der Waals surface area contributed by atoms with Crippen molar-refractivity contribution in [2.45, 2.75) is 26.3 Å². The van der Waals surface area contributed by atoms with Crippen LogP contribution in [0.4, 0.5) is 0 Å². The number of carbonyl (C=O) groups excluding carboxylic acids is 1. The van der Waals surface area contributed by atoms with Crippen molar-refractivity contribution in [1.29, 1.82) is 0 Å². The van der Waals surface area contributed by atoms with E-state index in [2.05, 4.69) is 5.32 Å². The smallest absolute Gasteiger partial charge is 0.340 e. The minimum atomic E-state index is -1.12. The lowest BCUT2D eigenvalue weighted by Gasteiger charge is -2.14. The second-order valence-corrected chi connectivity index (χ2v) is 8.85. The zero-order chi connectivity index (χ0) is 23.7. The molecule has 0 saturated carbocycles. The lowest BCUT2D eigenvalue weighted by Crippen LogP contribution is -2.43. The molecule has 1 atom stereocenters. The first-order valence-corrected chi connectivity index (χ1v) is 11.7. The molecule has 170 valence electrons. The van der Waals surface area contributed by atoms with Gasteiger partial charge in [0.25, 0.3) is 0 Å². The Bertz CT molecular complexity index is 1420. The molecule has 0 aliphatic carbocycles. The number of aryl methyl sites for hydroxylation is 2. The third-order valence-electron chi connectivity index (χ3n) is 5.65. The van der Waals surface area contributed by atoms with Crippen LogP contribution in [0.3, 0.4) is 0 Å². The van der Waals surface area contributed by atoms with Gasteiger partial charge in [0.2, 0.25) is 5.91 Å². The highest BCUT2D eigenvalue weighted by atomic mass is 32.2. The van der Waals surface area contributed by atoms with Crippen molar-refractivity contribution in [3.05, 3.63) is 69.8 Å². The van der Waals surface area contributed by atoms with Crippen LogP contribution < -0.4 is 10.9 Å². The number of nitrogens with one attached hydrogen (secondary N) is 1. The highest BCUT2D eigenvalue weighted by Crippen LogP contribution is 2.34. The molecule has 4 rings (SSSR count). The molecule has 7 nitrogen and oxygen atoms in total. The van der Waals surface area contributed by atoms with E-state index in [4.69, 9.17) is 8.83 Å². The van der Waals surface area contributed by atoms with E-state index < -0.39 is 23.5 Å². The largest absolute Gasteiger partial charge is 0.480 e. The average Bonchev–Trinajstić information content (AvgIpc) is 3.18. The van der Waals surface area contributed by atoms with Gasteiger partial charge >= 0.3 is 11.6 Å². The summed E-state index contributed by atoms with van der Waals surface area (Å²) in [7, 11) is 0. The van der Waals surface area contributed by atoms with Gasteiger partial charge in [0.1, 0.15) is 17.2 Å². The second-order valence-electron chi connectivity index (χ2n) is 7.94. The van der Waals surface area contributed by atoms with Crippen LogP contribution in [0, 0.1) is 13.8 Å². The number of carboxylic acids is 1. The van der Waals surface area contributed by atoms with Crippen molar-refractivity contribution < 1.29 is 23.5 Å². The Morgan fingerprint density at radius 2 is 1.82 bits per heavy atom. The van der Waals surface area contributed by atoms with E-state index >= 15 is 0 Å². The van der Waals surface area contributed by atoms with Gasteiger partial charge in [-0.25, -0.2) is 9.59 Å². The number of hydrogen-bond acceptors (Lipinski definition) is 6. The predicted molar refractivity (Wildman–Crippen MR) is 129 cm³/mol. The zero-order valence-electron chi connectivity index (χ0n) is 18.4. The molecule has 8 heteroatoms. The van der Waals surface area contributed by atoms with Crippen molar-refractivity contribution in [3.8, 4) is 11.1 Å². The van der Waals surface area contributed by atoms with Crippen LogP contribution >= 0.6 is 11.8 Å². The Kier molecular flexibility index (Phi) is 6.29. The van der Waals surface area contributed by atoms with Crippen molar-refractivity contribution in [2.24, 2.45) is 0 Å². The summed E-state index contributed by atoms with van der Waals surface area (Å²) in [6.07, 6.45) is 3.16. The van der Waals surface area contributed by atoms with Gasteiger partial charge in [-0.1, -0.05) is 29.8 Å². The number of thioether (sulfide) groups is 1. The average molecular weight is 466 g/mol. The molecule has 0 aliphatic rings. The van der Waals surface area contributed by atoms with E-state index in [-0.39, 0.29) is 17.7 Å². The van der Waals surface area contributed by atoms with Crippen LogP contribution in [0.25, 0.3) is 33.1 Å². The molecule has 0 aliphatic heterocycles. The van der Waals surface area contributed by atoms with E-state index in [1.807, 2.05) is 37.3 Å². The van der Waals surface area contributed by atoms with Crippen LogP contribution in [0.1, 0.15) is 16.7 Å². The minimum absolute atomic E-state index is 0.202. The first kappa shape index (κ1) is 22.7. The fourth-order valence-corrected chi connectivity index (χ4v) is 4.38. The molecule has 0 saturated heterocycles. The summed E-state index contributed by atoms with van der Waals surface area (Å²) in [5.41, 5.74) is 4.22. The highest BCUT2D eigenvalue weighted by molar-refractivity contribution is 7.98. The first-order chi connectivity index (χ1) is 15.8. The summed E-state index contributed by atoms with van der Waals surface area (Å²) in [4.78, 5) is 36.5. The number of rotatable bonds is 7. The molecule has 2 aromatic heterocycles. The van der Waals surface area contributed by atoms with Gasteiger partial charge in [-0.15, -0.1) is 0 Å². The van der Waals surface area contributed by atoms with Gasteiger partial charge in [0.05, 0.1) is 18.2 Å². The number of amides is 1. The monoisotopic (exact) mass is 465 g/mol. The molecule has 0 fully saturated rings. The molecule has 2 N–H and O–H groups in total. The molecular formula is C25H23NO6S. The molecule has 0 bridgehead atoms. The van der Waals surface area contributed by atoms with Crippen molar-refractivity contribution in [1.82, 2.24) is 5.32 Å². The fourth-order valence-electron chi connectivity index (χ4n) is 3.82. The topological polar surface area (TPSA) is 110 Å². The SMILES string of the molecule is CSC[C@H](NC(=O)Cc1c(C)c2cc3c(-c4ccc(C)cc4)coc3cc2oc1=O)C(=O)O. The summed E-state index contributed by atoms with van der Waals surface area (Å²) in [5, 5.41) is 13.3. The summed E-state index contributed by atoms with van der Waals surface area (Å²) in [6.45, 7) is 3.78. The predicted octanol–water partition coefficient (Wildman–Crippen LogP) is 4.30. The summed E-state index contributed by atoms with van der Waals surface area (Å²) >= 11 is 1.31. The maximum Gasteiger partial charge on any atom is 0.340 e. The summed E-state index contributed by atoms with van der Waals surface area (Å²) in [6, 6.07) is 10.6. The molecule has 0 spiro atoms. The lowest BCUT2D eigenvalue weighted by atomic mass is 9.99. The molecule has 4 aromatic rings. The van der Waals surface area contributed by atoms with Crippen molar-refractivity contribution in [3.63, 3.8) is 0 Å². The van der Waals surface area contributed by atoms with Crippen LogP contribution in [-0.4, -0.2) is 35.0 Å². The van der Waals surface area contributed by atoms with E-state index in [0.29, 0.717) is 22.1 Å². The summed E-state index contributed by atoms with van der Waals surface area (Å²) < 4.78 is 11.2. The zero-order valence-corrected chi connectivity index (χ0v) is 19.2. The molecule has 0 unspecified atom stereocenters. The van der Waals surface area contributed by atoms with Crippen LogP contribution in [0.2, 0.25) is 0 Å². The number of benzene rings is 2. The number of carboxylic acid groups (broad SMARTS) is 1. The third-order valence-corrected chi connectivity index (χ3v) is 6.31. The standard InChI is InChI=1S/C25H23NO6S/c1-13-4-6-15(7-5-13)19-11-31-21-10-22-16(8-18(19)21)14(2)17(25(30)32-22)9-23(27)26-20(12-33-3)24(28)29/h4-8,10-11,20H,9,12H2,1-3H3,(H,26,27)(H,28,29)/t20-/m0/s1. The maximum atomic E-state index is 12.6. The molecule has 1 amide bonds. The Balaban J connectivity index is 1.74. The summed E-state index contributed by atoms with van der Waals surface area (Å²) in [5.74, 6) is -1.44. The van der Waals surface area contributed by atoms with Crippen LogP contribution in [-0.2, 0) is 16.0 Å². The van der Waals surface area contributed by atoms with Gasteiger partial charge < -0.3 is 19.3 Å². The van der Waals surface area contributed by atoms with Crippen molar-refractivity contribution >= 4 is 45.6 Å². The van der Waals surface area contributed by atoms with E-state index in [1.165, 1.54) is 11.8 Å². The molecule has 0 radical (unpaired) electrons. The van der Waals surface area contributed by atoms with Crippen LogP contribution in [0.15, 0.2) is 56.3 Å². The van der Waals surface area contributed by atoms with Gasteiger partial charge in [-0.05, 0) is 37.3 Å². The number of fused-ring (bicyclic) bond motifs is 2. The Morgan fingerprint density at radius 1 is 1.09 bits per heavy atom. The van der Waals surface area contributed by atoms with Gasteiger partial charge in [0.15, 0.2) is 0 Å². The number of aliphatic carboxylic acids is 1. The Hall–Kier alpha value is -3.52. The second kappa shape index (κ2) is 9.15. The first-order valence-electron chi connectivity index (χ1n) is 10.3. The Morgan fingerprint density at radius 3 is 2.48 bits per heavy atom. The number of hydrogen-bond donors (Lipinski definition) is 2. The van der Waals surface area contributed by atoms with E-state index in [0.717, 1.165) is 22.1 Å². The van der Waals surface area contributed by atoms with Crippen LogP contribution in [0.5, 0.6) is 0 Å². The molecular weight excluding hydrogens is 442 g/mol. The fraction of sp³-hybridized carbons (Fsp3) is 0.240. The Labute approximate surface area is 193 Å². The highest BCUT2D eigenvalue weighted by Gasteiger charge is 2.22. The van der Waals surface area contributed by atoms with Gasteiger partial charge in [-0.3, -0.25) is 4.79 Å². The van der Waals surface area contributed by atoms with E-state index in [9.17, 15) is 19.5 Å². The van der Waals surface area contributed by atoms with Gasteiger partial charge in [0, 0.05) is 28.2 Å². The molecule has 2 heterocycles. The minimum Gasteiger partial charge on any atom is -0.480 e. The number of carbonyl (C=O) groups is 2. The normalized spacial score (nSPS) is 12.2. The van der Waals surface area contributed by atoms with E-state index in [1.54, 1.807) is 25.5 Å². The third kappa shape index (κ3) is 4.52. The maximum absolute atomic E-state index is 12.6. The molecule has 33 heavy (non-hydrogen) atoms. The molecule has 2 aromatic carbocycles.